The molecule has 0 aromatic heterocycles. The monoisotopic (exact) mass is 163 g/mol. The molecule has 0 heterocycles. The minimum absolute atomic E-state index is 0.0433. The number of allylic oxidation sites excluding steroid dienone is 1. The van der Waals surface area contributed by atoms with Crippen molar-refractivity contribution in [2.24, 2.45) is 0 Å². The third-order valence-electron chi connectivity index (χ3n) is 1.23. The third-order valence-corrected chi connectivity index (χ3v) is 2.19. The SMILES string of the molecule is C=CC[SiH]Oc1ccccc1. The maximum Gasteiger partial charge on any atom is 0.265 e. The first-order valence-electron chi connectivity index (χ1n) is 3.58. The number of hydrogen-bond acceptors (Lipinski definition) is 1. The van der Waals surface area contributed by atoms with Gasteiger partial charge in [0.1, 0.15) is 5.75 Å². The number of benzene rings is 1. The van der Waals surface area contributed by atoms with Crippen LogP contribution in [0.25, 0.3) is 0 Å². The first-order chi connectivity index (χ1) is 5.43. The van der Waals surface area contributed by atoms with Gasteiger partial charge in [-0.05, 0) is 18.2 Å². The Hall–Kier alpha value is -1.02. The quantitative estimate of drug-likeness (QED) is 0.375. The fourth-order valence-corrected chi connectivity index (χ4v) is 1.29. The molecule has 1 radical (unpaired) electrons. The van der Waals surface area contributed by atoms with Gasteiger partial charge in [0, 0.05) is 0 Å². The molecule has 1 rings (SSSR count). The lowest BCUT2D eigenvalue weighted by molar-refractivity contribution is 0.596. The highest BCUT2D eigenvalue weighted by Crippen LogP contribution is 2.07. The van der Waals surface area contributed by atoms with Gasteiger partial charge in [-0.25, -0.2) is 0 Å². The Kier molecular flexibility index (Phi) is 3.48. The summed E-state index contributed by atoms with van der Waals surface area (Å²) >= 11 is 0. The Bertz CT molecular complexity index is 208. The van der Waals surface area contributed by atoms with E-state index >= 15 is 0 Å². The Balaban J connectivity index is 2.33. The van der Waals surface area contributed by atoms with E-state index in [0.717, 1.165) is 11.8 Å². The lowest BCUT2D eigenvalue weighted by atomic mass is 10.3. The lowest BCUT2D eigenvalue weighted by Gasteiger charge is -2.01. The zero-order chi connectivity index (χ0) is 7.94. The molecule has 0 saturated heterocycles. The van der Waals surface area contributed by atoms with Crippen LogP contribution in [0.5, 0.6) is 5.75 Å². The van der Waals surface area contributed by atoms with Crippen LogP contribution in [0.15, 0.2) is 43.0 Å². The molecule has 0 amide bonds. The second-order valence-corrected chi connectivity index (χ2v) is 3.16. The molecule has 1 nitrogen and oxygen atoms in total. The molecule has 0 fully saturated rings. The minimum Gasteiger partial charge on any atom is -0.545 e. The van der Waals surface area contributed by atoms with Gasteiger partial charge in [-0.3, -0.25) is 0 Å². The van der Waals surface area contributed by atoms with E-state index in [4.69, 9.17) is 4.43 Å². The molecule has 1 aromatic rings. The summed E-state index contributed by atoms with van der Waals surface area (Å²) in [5, 5.41) is 0. The van der Waals surface area contributed by atoms with Crippen molar-refractivity contribution in [2.45, 2.75) is 6.04 Å². The molecule has 0 spiro atoms. The predicted octanol–water partition coefficient (Wildman–Crippen LogP) is 2.02. The van der Waals surface area contributed by atoms with Crippen molar-refractivity contribution in [3.63, 3.8) is 0 Å². The Morgan fingerprint density at radius 2 is 2.09 bits per heavy atom. The topological polar surface area (TPSA) is 9.23 Å². The van der Waals surface area contributed by atoms with E-state index in [1.165, 1.54) is 0 Å². The van der Waals surface area contributed by atoms with E-state index in [-0.39, 0.29) is 9.76 Å². The van der Waals surface area contributed by atoms with E-state index in [9.17, 15) is 0 Å². The standard InChI is InChI=1S/C9H11OSi/c1-2-8-11-10-9-6-4-3-5-7-9/h2-7,11H,1,8H2. The fraction of sp³-hybridized carbons (Fsp3) is 0.111. The summed E-state index contributed by atoms with van der Waals surface area (Å²) < 4.78 is 5.46. The highest BCUT2D eigenvalue weighted by atomic mass is 28.2. The highest BCUT2D eigenvalue weighted by Gasteiger charge is 1.89. The lowest BCUT2D eigenvalue weighted by Crippen LogP contribution is -1.98. The number of para-hydroxylation sites is 1. The minimum atomic E-state index is 0.0433. The molecule has 57 valence electrons. The molecule has 0 unspecified atom stereocenters. The van der Waals surface area contributed by atoms with Crippen molar-refractivity contribution in [3.05, 3.63) is 43.0 Å². The largest absolute Gasteiger partial charge is 0.545 e. The smallest absolute Gasteiger partial charge is 0.265 e. The maximum atomic E-state index is 5.46. The molecule has 0 aliphatic carbocycles. The summed E-state index contributed by atoms with van der Waals surface area (Å²) in [6, 6.07) is 10.8. The normalized spacial score (nSPS) is 9.09. The van der Waals surface area contributed by atoms with Crippen LogP contribution in [0.1, 0.15) is 0 Å². The van der Waals surface area contributed by atoms with Crippen LogP contribution >= 0.6 is 0 Å². The van der Waals surface area contributed by atoms with Crippen molar-refractivity contribution < 1.29 is 4.43 Å². The Morgan fingerprint density at radius 1 is 1.36 bits per heavy atom. The summed E-state index contributed by atoms with van der Waals surface area (Å²) in [6.07, 6.45) is 1.89. The van der Waals surface area contributed by atoms with Crippen molar-refractivity contribution in [3.8, 4) is 5.75 Å². The maximum absolute atomic E-state index is 5.46. The molecule has 0 N–H and O–H groups in total. The van der Waals surface area contributed by atoms with E-state index < -0.39 is 0 Å². The second kappa shape index (κ2) is 4.74. The summed E-state index contributed by atoms with van der Waals surface area (Å²) in [4.78, 5) is 0. The van der Waals surface area contributed by atoms with Crippen molar-refractivity contribution in [2.75, 3.05) is 0 Å². The van der Waals surface area contributed by atoms with Crippen LogP contribution in [0, 0.1) is 0 Å². The van der Waals surface area contributed by atoms with Gasteiger partial charge in [0.15, 0.2) is 0 Å². The van der Waals surface area contributed by atoms with Gasteiger partial charge in [-0.1, -0.05) is 24.3 Å². The van der Waals surface area contributed by atoms with E-state index in [2.05, 4.69) is 6.58 Å². The van der Waals surface area contributed by atoms with Crippen LogP contribution in [0.3, 0.4) is 0 Å². The molecule has 0 aliphatic heterocycles. The van der Waals surface area contributed by atoms with Gasteiger partial charge < -0.3 is 4.43 Å². The second-order valence-electron chi connectivity index (χ2n) is 2.12. The van der Waals surface area contributed by atoms with Gasteiger partial charge in [0.2, 0.25) is 0 Å². The van der Waals surface area contributed by atoms with Crippen LogP contribution in [-0.2, 0) is 0 Å². The van der Waals surface area contributed by atoms with Crippen molar-refractivity contribution in [1.82, 2.24) is 0 Å². The van der Waals surface area contributed by atoms with Crippen LogP contribution in [0.4, 0.5) is 0 Å². The third kappa shape index (κ3) is 3.05. The number of hydrogen-bond donors (Lipinski definition) is 0. The summed E-state index contributed by atoms with van der Waals surface area (Å²) in [7, 11) is 0.0433. The van der Waals surface area contributed by atoms with Crippen molar-refractivity contribution in [1.29, 1.82) is 0 Å². The molecule has 11 heavy (non-hydrogen) atoms. The fourth-order valence-electron chi connectivity index (χ4n) is 0.711. The first kappa shape index (κ1) is 8.08. The Morgan fingerprint density at radius 3 is 2.73 bits per heavy atom. The molecule has 0 bridgehead atoms. The molecule has 2 heteroatoms. The average Bonchev–Trinajstić information content (AvgIpc) is 2.07. The van der Waals surface area contributed by atoms with Crippen LogP contribution < -0.4 is 4.43 Å². The molecule has 0 aliphatic rings. The van der Waals surface area contributed by atoms with Crippen LogP contribution in [0.2, 0.25) is 6.04 Å². The summed E-state index contributed by atoms with van der Waals surface area (Å²) in [5.41, 5.74) is 0. The molecule has 0 atom stereocenters. The van der Waals surface area contributed by atoms with Crippen LogP contribution in [-0.4, -0.2) is 9.76 Å². The van der Waals surface area contributed by atoms with Gasteiger partial charge in [0.25, 0.3) is 9.76 Å². The highest BCUT2D eigenvalue weighted by molar-refractivity contribution is 6.29. The molecular weight excluding hydrogens is 152 g/mol. The van der Waals surface area contributed by atoms with Crippen molar-refractivity contribution >= 4 is 9.76 Å². The number of rotatable bonds is 4. The first-order valence-corrected chi connectivity index (χ1v) is 4.86. The zero-order valence-electron chi connectivity index (χ0n) is 6.36. The van der Waals surface area contributed by atoms with Gasteiger partial charge in [0.05, 0.1) is 0 Å². The molecule has 1 aromatic carbocycles. The average molecular weight is 163 g/mol. The van der Waals surface area contributed by atoms with E-state index in [0.29, 0.717) is 0 Å². The van der Waals surface area contributed by atoms with E-state index in [1.54, 1.807) is 0 Å². The van der Waals surface area contributed by atoms with Gasteiger partial charge in [-0.15, -0.1) is 6.58 Å². The zero-order valence-corrected chi connectivity index (χ0v) is 7.52. The molecule has 0 saturated carbocycles. The summed E-state index contributed by atoms with van der Waals surface area (Å²) in [5.74, 6) is 0.962. The Labute approximate surface area is 69.6 Å². The van der Waals surface area contributed by atoms with Gasteiger partial charge in [-0.2, -0.15) is 0 Å². The molecular formula is C9H11OSi. The summed E-state index contributed by atoms with van der Waals surface area (Å²) in [6.45, 7) is 3.63. The van der Waals surface area contributed by atoms with E-state index in [1.807, 2.05) is 36.4 Å². The van der Waals surface area contributed by atoms with Gasteiger partial charge >= 0.3 is 0 Å². The predicted molar refractivity (Wildman–Crippen MR) is 49.2 cm³/mol.